The van der Waals surface area contributed by atoms with Crippen LogP contribution in [0.1, 0.15) is 188 Å². The number of nitrogens with zero attached hydrogens (tertiary/aromatic N) is 7. The number of rotatable bonds is 5. The Morgan fingerprint density at radius 1 is 0.540 bits per heavy atom. The number of aromatic nitrogens is 7. The minimum atomic E-state index is -0.00681. The van der Waals surface area contributed by atoms with Crippen LogP contribution < -0.4 is 0 Å². The molecule has 4 rings (SSSR count). The molecule has 2 aromatic carbocycles. The lowest BCUT2D eigenvalue weighted by molar-refractivity contribution is 0.447. The summed E-state index contributed by atoms with van der Waals surface area (Å²) in [7, 11) is 0. The van der Waals surface area contributed by atoms with E-state index in [4.69, 9.17) is 0 Å². The van der Waals surface area contributed by atoms with Crippen molar-refractivity contribution in [3.05, 3.63) is 88.5 Å². The zero-order valence-corrected chi connectivity index (χ0v) is 34.8. The lowest BCUT2D eigenvalue weighted by atomic mass is 9.93. The van der Waals surface area contributed by atoms with Crippen LogP contribution in [0.3, 0.4) is 0 Å². The molecule has 0 aliphatic rings. The van der Waals surface area contributed by atoms with Gasteiger partial charge in [0.2, 0.25) is 0 Å². The highest BCUT2D eigenvalue weighted by molar-refractivity contribution is 5.37. The summed E-state index contributed by atoms with van der Waals surface area (Å²) in [5, 5.41) is 20.4. The van der Waals surface area contributed by atoms with E-state index < -0.39 is 0 Å². The second kappa shape index (κ2) is 20.2. The van der Waals surface area contributed by atoms with Gasteiger partial charge in [0.1, 0.15) is 0 Å². The summed E-state index contributed by atoms with van der Waals surface area (Å²) in [5.74, 6) is 9.46. The largest absolute Gasteiger partial charge is 0.250 e. The predicted octanol–water partition coefficient (Wildman–Crippen LogP) is 11.5. The molecule has 7 heteroatoms. The number of benzene rings is 2. The first-order valence-corrected chi connectivity index (χ1v) is 18.5. The highest BCUT2D eigenvalue weighted by atomic mass is 15.6. The normalized spacial score (nSPS) is 11.5. The first-order chi connectivity index (χ1) is 23.0. The fraction of sp³-hybridized carbons (Fsp3) is 0.605. The van der Waals surface area contributed by atoms with Crippen molar-refractivity contribution in [1.82, 2.24) is 35.2 Å². The summed E-state index contributed by atoms with van der Waals surface area (Å²) in [6.45, 7) is 38.5. The number of hydrogen-bond acceptors (Lipinski definition) is 5. The van der Waals surface area contributed by atoms with Gasteiger partial charge in [0.05, 0.1) is 11.7 Å². The number of hydrogen-bond donors (Lipinski definition) is 0. The molecule has 0 unspecified atom stereocenters. The van der Waals surface area contributed by atoms with E-state index in [0.29, 0.717) is 29.7 Å². The molecule has 0 saturated heterocycles. The minimum absolute atomic E-state index is 0.00681. The molecule has 276 valence electrons. The first-order valence-electron chi connectivity index (χ1n) is 18.5. The Kier molecular flexibility index (Phi) is 17.8. The Labute approximate surface area is 306 Å². The van der Waals surface area contributed by atoms with Crippen LogP contribution in [0.5, 0.6) is 0 Å². The molecule has 0 fully saturated rings. The summed E-state index contributed by atoms with van der Waals surface area (Å²) < 4.78 is 1.89. The van der Waals surface area contributed by atoms with Gasteiger partial charge >= 0.3 is 0 Å². The van der Waals surface area contributed by atoms with Gasteiger partial charge in [0.15, 0.2) is 5.82 Å². The minimum Gasteiger partial charge on any atom is -0.250 e. The van der Waals surface area contributed by atoms with Gasteiger partial charge in [-0.25, -0.2) is 4.68 Å². The van der Waals surface area contributed by atoms with Gasteiger partial charge in [-0.3, -0.25) is 0 Å². The van der Waals surface area contributed by atoms with Gasteiger partial charge in [-0.1, -0.05) is 150 Å². The van der Waals surface area contributed by atoms with E-state index in [9.17, 15) is 0 Å². The lowest BCUT2D eigenvalue weighted by Gasteiger charge is -2.13. The molecule has 0 amide bonds. The highest BCUT2D eigenvalue weighted by Gasteiger charge is 2.20. The fourth-order valence-electron chi connectivity index (χ4n) is 4.06. The van der Waals surface area contributed by atoms with Crippen molar-refractivity contribution in [3.8, 4) is 11.8 Å². The maximum atomic E-state index is 4.28. The Morgan fingerprint density at radius 2 is 0.980 bits per heavy atom. The molecule has 2 aromatic heterocycles. The van der Waals surface area contributed by atoms with Gasteiger partial charge in [-0.05, 0) is 79.5 Å². The molecule has 0 N–H and O–H groups in total. The van der Waals surface area contributed by atoms with Crippen LogP contribution in [0.25, 0.3) is 0 Å². The Bertz CT molecular complexity index is 1480. The average molecular weight is 684 g/mol. The molecule has 0 saturated carbocycles. The van der Waals surface area contributed by atoms with Crippen molar-refractivity contribution in [2.24, 2.45) is 5.92 Å². The average Bonchev–Trinajstić information content (AvgIpc) is 3.73. The third-order valence-corrected chi connectivity index (χ3v) is 7.72. The molecule has 2 heterocycles. The standard InChI is InChI=1S/C14H18.C12H18.C9H17N3.C8H16N4/c1-11(2)5-6-13-7-9-14(10-8-13)12(3)4;1-9(2)11-5-7-12(8-6-11)10(3)4;1-7(2)12-6-8(10-11-12)9(3,4)5;1-6(2)12-10-7(9-11-12)8(3,4)5/h7-12H,1-4H3;5-10H,1-4H3;6-7H,1-5H3;6H,1-5H3. The maximum absolute atomic E-state index is 4.28. The molecular weight excluding hydrogens is 615 g/mol. The van der Waals surface area contributed by atoms with Gasteiger partial charge in [-0.2, -0.15) is 4.80 Å². The lowest BCUT2D eigenvalue weighted by Crippen LogP contribution is -2.14. The van der Waals surface area contributed by atoms with Gasteiger partial charge < -0.3 is 0 Å². The van der Waals surface area contributed by atoms with Crippen molar-refractivity contribution in [2.75, 3.05) is 0 Å². The molecule has 4 aromatic rings. The summed E-state index contributed by atoms with van der Waals surface area (Å²) in [4.78, 5) is 1.64. The van der Waals surface area contributed by atoms with Crippen LogP contribution in [-0.2, 0) is 10.8 Å². The topological polar surface area (TPSA) is 74.3 Å². The maximum Gasteiger partial charge on any atom is 0.180 e. The monoisotopic (exact) mass is 684 g/mol. The van der Waals surface area contributed by atoms with E-state index in [-0.39, 0.29) is 16.9 Å². The molecule has 0 aliphatic heterocycles. The fourth-order valence-corrected chi connectivity index (χ4v) is 4.06. The molecule has 0 aliphatic carbocycles. The predicted molar refractivity (Wildman–Crippen MR) is 213 cm³/mol. The van der Waals surface area contributed by atoms with Crippen molar-refractivity contribution < 1.29 is 0 Å². The highest BCUT2D eigenvalue weighted by Crippen LogP contribution is 2.21. The van der Waals surface area contributed by atoms with Crippen LogP contribution in [0.15, 0.2) is 54.7 Å². The molecule has 0 atom stereocenters. The summed E-state index contributed by atoms with van der Waals surface area (Å²) >= 11 is 0. The summed E-state index contributed by atoms with van der Waals surface area (Å²) in [6, 6.07) is 18.2. The molecule has 0 bridgehead atoms. The van der Waals surface area contributed by atoms with Gasteiger partial charge in [0.25, 0.3) is 0 Å². The van der Waals surface area contributed by atoms with Crippen molar-refractivity contribution in [3.63, 3.8) is 0 Å². The Morgan fingerprint density at radius 3 is 1.24 bits per heavy atom. The van der Waals surface area contributed by atoms with E-state index in [1.54, 1.807) is 4.80 Å². The zero-order valence-electron chi connectivity index (χ0n) is 34.8. The van der Waals surface area contributed by atoms with E-state index in [2.05, 4.69) is 197 Å². The molecule has 7 nitrogen and oxygen atoms in total. The van der Waals surface area contributed by atoms with Crippen molar-refractivity contribution in [2.45, 2.75) is 165 Å². The van der Waals surface area contributed by atoms with Crippen LogP contribution in [0, 0.1) is 17.8 Å². The zero-order chi connectivity index (χ0) is 38.4. The van der Waals surface area contributed by atoms with Crippen LogP contribution in [-0.4, -0.2) is 35.2 Å². The van der Waals surface area contributed by atoms with Crippen molar-refractivity contribution >= 4 is 0 Å². The van der Waals surface area contributed by atoms with E-state index in [0.717, 1.165) is 17.1 Å². The van der Waals surface area contributed by atoms with E-state index in [1.807, 2.05) is 24.7 Å². The second-order valence-electron chi connectivity index (χ2n) is 16.9. The SMILES string of the molecule is CC(C)C#Cc1ccc(C(C)C)cc1.CC(C)c1ccc(C(C)C)cc1.CC(C)n1cc(C(C)(C)C)nn1.CC(C)n1nnc(C(C)(C)C)n1. The molecule has 50 heavy (non-hydrogen) atoms. The summed E-state index contributed by atoms with van der Waals surface area (Å²) in [5.41, 5.74) is 6.50. The van der Waals surface area contributed by atoms with Crippen LogP contribution >= 0.6 is 0 Å². The third kappa shape index (κ3) is 16.3. The van der Waals surface area contributed by atoms with E-state index >= 15 is 0 Å². The first kappa shape index (κ1) is 44.2. The number of tetrazole rings is 1. The van der Waals surface area contributed by atoms with Gasteiger partial charge in [0, 0.05) is 34.6 Å². The smallest absolute Gasteiger partial charge is 0.180 e. The van der Waals surface area contributed by atoms with E-state index in [1.165, 1.54) is 16.7 Å². The summed E-state index contributed by atoms with van der Waals surface area (Å²) in [6.07, 6.45) is 2.02. The quantitative estimate of drug-likeness (QED) is 0.196. The van der Waals surface area contributed by atoms with Gasteiger partial charge in [-0.15, -0.1) is 15.3 Å². The molecular formula is C43H69N7. The second-order valence-corrected chi connectivity index (χ2v) is 16.9. The van der Waals surface area contributed by atoms with Crippen LogP contribution in [0.4, 0.5) is 0 Å². The van der Waals surface area contributed by atoms with Crippen molar-refractivity contribution in [1.29, 1.82) is 0 Å². The Hall–Kier alpha value is -3.79. The third-order valence-electron chi connectivity index (χ3n) is 7.72. The molecule has 0 radical (unpaired) electrons. The Balaban J connectivity index is 0.000000334. The van der Waals surface area contributed by atoms with Crippen LogP contribution in [0.2, 0.25) is 0 Å². The molecule has 0 spiro atoms.